The Kier molecular flexibility index (Phi) is 6.33. The summed E-state index contributed by atoms with van der Waals surface area (Å²) in [5.74, 6) is -0.813. The maximum atomic E-state index is 12.6. The molecule has 0 fully saturated rings. The van der Waals surface area contributed by atoms with Crippen molar-refractivity contribution in [1.82, 2.24) is 9.78 Å². The molecule has 0 saturated heterocycles. The smallest absolute Gasteiger partial charge is 0.331 e. The van der Waals surface area contributed by atoms with E-state index in [0.717, 1.165) is 22.6 Å². The van der Waals surface area contributed by atoms with Crippen LogP contribution in [0, 0.1) is 13.8 Å². The molecular formula is C20H25N3O3. The van der Waals surface area contributed by atoms with Gasteiger partial charge in [0.05, 0.1) is 5.69 Å². The zero-order chi connectivity index (χ0) is 19.3. The number of carbonyl (C=O) groups excluding carboxylic acids is 2. The number of amides is 1. The van der Waals surface area contributed by atoms with E-state index in [2.05, 4.69) is 5.10 Å². The van der Waals surface area contributed by atoms with Gasteiger partial charge in [-0.3, -0.25) is 9.48 Å². The van der Waals surface area contributed by atoms with Gasteiger partial charge < -0.3 is 9.64 Å². The number of aromatic nitrogens is 2. The number of anilines is 1. The molecule has 1 amide bonds. The third kappa shape index (κ3) is 4.39. The highest BCUT2D eigenvalue weighted by molar-refractivity contribution is 5.98. The molecule has 0 saturated carbocycles. The van der Waals surface area contributed by atoms with E-state index in [0.29, 0.717) is 6.54 Å². The number of ether oxygens (including phenoxy) is 1. The second kappa shape index (κ2) is 8.47. The summed E-state index contributed by atoms with van der Waals surface area (Å²) >= 11 is 0. The molecule has 0 radical (unpaired) electrons. The minimum Gasteiger partial charge on any atom is -0.449 e. The average Bonchev–Trinajstić information content (AvgIpc) is 2.86. The third-order valence-corrected chi connectivity index (χ3v) is 4.24. The second-order valence-electron chi connectivity index (χ2n) is 6.04. The predicted octanol–water partition coefficient (Wildman–Crippen LogP) is 3.03. The standard InChI is InChI=1S/C20H25N3O3/c1-6-23(17-10-8-7-9-11-17)20(25)16(4)26-19(24)13-12-18-14(2)21-22(5)15(18)3/h7-13,16H,6H2,1-5H3/b13-12+/t16-/m1/s1. The summed E-state index contributed by atoms with van der Waals surface area (Å²) in [7, 11) is 1.85. The minimum absolute atomic E-state index is 0.255. The Morgan fingerprint density at radius 1 is 1.27 bits per heavy atom. The zero-order valence-electron chi connectivity index (χ0n) is 15.9. The van der Waals surface area contributed by atoms with Crippen LogP contribution in [0.3, 0.4) is 0 Å². The average molecular weight is 355 g/mol. The molecule has 0 spiro atoms. The SMILES string of the molecule is CCN(C(=O)[C@@H](C)OC(=O)/C=C/c1c(C)nn(C)c1C)c1ccccc1. The van der Waals surface area contributed by atoms with Gasteiger partial charge in [-0.25, -0.2) is 4.79 Å². The summed E-state index contributed by atoms with van der Waals surface area (Å²) in [4.78, 5) is 26.3. The first-order valence-corrected chi connectivity index (χ1v) is 8.60. The van der Waals surface area contributed by atoms with E-state index in [4.69, 9.17) is 4.74 Å². The Labute approximate surface area is 154 Å². The van der Waals surface area contributed by atoms with Crippen LogP contribution in [0.1, 0.15) is 30.8 Å². The summed E-state index contributed by atoms with van der Waals surface area (Å²) in [5, 5.41) is 4.30. The van der Waals surface area contributed by atoms with E-state index >= 15 is 0 Å². The van der Waals surface area contributed by atoms with Crippen LogP contribution in [0.15, 0.2) is 36.4 Å². The molecule has 0 N–H and O–H groups in total. The molecule has 0 aliphatic heterocycles. The van der Waals surface area contributed by atoms with Gasteiger partial charge >= 0.3 is 5.97 Å². The highest BCUT2D eigenvalue weighted by Crippen LogP contribution is 2.16. The zero-order valence-corrected chi connectivity index (χ0v) is 15.9. The van der Waals surface area contributed by atoms with Gasteiger partial charge in [-0.05, 0) is 45.9 Å². The maximum absolute atomic E-state index is 12.6. The molecule has 6 heteroatoms. The van der Waals surface area contributed by atoms with Crippen molar-refractivity contribution in [3.63, 3.8) is 0 Å². The summed E-state index contributed by atoms with van der Waals surface area (Å²) in [6, 6.07) is 9.32. The number of benzene rings is 1. The van der Waals surface area contributed by atoms with E-state index in [9.17, 15) is 9.59 Å². The summed E-state index contributed by atoms with van der Waals surface area (Å²) in [5.41, 5.74) is 3.44. The number of hydrogen-bond acceptors (Lipinski definition) is 4. The Morgan fingerprint density at radius 2 is 1.92 bits per heavy atom. The highest BCUT2D eigenvalue weighted by Gasteiger charge is 2.23. The lowest BCUT2D eigenvalue weighted by atomic mass is 10.2. The number of carbonyl (C=O) groups is 2. The van der Waals surface area contributed by atoms with Crippen molar-refractivity contribution >= 4 is 23.6 Å². The lowest BCUT2D eigenvalue weighted by Gasteiger charge is -2.24. The maximum Gasteiger partial charge on any atom is 0.331 e. The molecule has 0 bridgehead atoms. The number of likely N-dealkylation sites (N-methyl/N-ethyl adjacent to an activating group) is 1. The molecule has 1 heterocycles. The molecular weight excluding hydrogens is 330 g/mol. The minimum atomic E-state index is -0.872. The molecule has 2 aromatic rings. The van der Waals surface area contributed by atoms with Gasteiger partial charge in [0.15, 0.2) is 6.10 Å². The Balaban J connectivity index is 2.04. The van der Waals surface area contributed by atoms with Crippen molar-refractivity contribution in [3.8, 4) is 0 Å². The van der Waals surface area contributed by atoms with Crippen molar-refractivity contribution in [2.24, 2.45) is 7.05 Å². The Hall–Kier alpha value is -2.89. The highest BCUT2D eigenvalue weighted by atomic mass is 16.5. The molecule has 0 aliphatic rings. The number of rotatable bonds is 6. The molecule has 1 aromatic carbocycles. The van der Waals surface area contributed by atoms with Crippen molar-refractivity contribution < 1.29 is 14.3 Å². The van der Waals surface area contributed by atoms with Gasteiger partial charge in [0.25, 0.3) is 5.91 Å². The lowest BCUT2D eigenvalue weighted by Crippen LogP contribution is -2.39. The largest absolute Gasteiger partial charge is 0.449 e. The first-order valence-electron chi connectivity index (χ1n) is 8.60. The first-order chi connectivity index (χ1) is 12.3. The van der Waals surface area contributed by atoms with Gasteiger partial charge in [0, 0.05) is 36.6 Å². The van der Waals surface area contributed by atoms with Gasteiger partial charge in [-0.2, -0.15) is 5.10 Å². The molecule has 138 valence electrons. The molecule has 6 nitrogen and oxygen atoms in total. The number of para-hydroxylation sites is 1. The van der Waals surface area contributed by atoms with Crippen LogP contribution in [0.4, 0.5) is 5.69 Å². The van der Waals surface area contributed by atoms with E-state index in [-0.39, 0.29) is 5.91 Å². The number of aryl methyl sites for hydroxylation is 2. The van der Waals surface area contributed by atoms with Gasteiger partial charge in [-0.1, -0.05) is 18.2 Å². The summed E-state index contributed by atoms with van der Waals surface area (Å²) < 4.78 is 7.04. The molecule has 0 aliphatic carbocycles. The second-order valence-corrected chi connectivity index (χ2v) is 6.04. The third-order valence-electron chi connectivity index (χ3n) is 4.24. The number of esters is 1. The topological polar surface area (TPSA) is 64.4 Å². The molecule has 2 rings (SSSR count). The van der Waals surface area contributed by atoms with Crippen LogP contribution in [-0.4, -0.2) is 34.3 Å². The fourth-order valence-corrected chi connectivity index (χ4v) is 2.74. The van der Waals surface area contributed by atoms with E-state index in [1.165, 1.54) is 6.08 Å². The van der Waals surface area contributed by atoms with Crippen LogP contribution >= 0.6 is 0 Å². The number of hydrogen-bond donors (Lipinski definition) is 0. The predicted molar refractivity (Wildman–Crippen MR) is 102 cm³/mol. The summed E-state index contributed by atoms with van der Waals surface area (Å²) in [6.07, 6.45) is 2.13. The molecule has 0 unspecified atom stereocenters. The monoisotopic (exact) mass is 355 g/mol. The number of nitrogens with zero attached hydrogens (tertiary/aromatic N) is 3. The normalized spacial score (nSPS) is 12.2. The van der Waals surface area contributed by atoms with Crippen LogP contribution in [0.25, 0.3) is 6.08 Å². The first kappa shape index (κ1) is 19.4. The Bertz CT molecular complexity index is 809. The van der Waals surface area contributed by atoms with Gasteiger partial charge in [0.2, 0.25) is 0 Å². The molecule has 1 atom stereocenters. The van der Waals surface area contributed by atoms with Crippen molar-refractivity contribution in [2.75, 3.05) is 11.4 Å². The molecule has 26 heavy (non-hydrogen) atoms. The van der Waals surface area contributed by atoms with Crippen LogP contribution in [-0.2, 0) is 21.4 Å². The quantitative estimate of drug-likeness (QED) is 0.590. The van der Waals surface area contributed by atoms with E-state index in [1.807, 2.05) is 58.2 Å². The van der Waals surface area contributed by atoms with Crippen LogP contribution in [0.2, 0.25) is 0 Å². The van der Waals surface area contributed by atoms with E-state index < -0.39 is 12.1 Å². The van der Waals surface area contributed by atoms with Crippen LogP contribution < -0.4 is 4.90 Å². The van der Waals surface area contributed by atoms with E-state index in [1.54, 1.807) is 22.6 Å². The van der Waals surface area contributed by atoms with Crippen molar-refractivity contribution in [1.29, 1.82) is 0 Å². The van der Waals surface area contributed by atoms with Gasteiger partial charge in [-0.15, -0.1) is 0 Å². The van der Waals surface area contributed by atoms with Crippen molar-refractivity contribution in [2.45, 2.75) is 33.8 Å². The Morgan fingerprint density at radius 3 is 2.46 bits per heavy atom. The van der Waals surface area contributed by atoms with Crippen molar-refractivity contribution in [3.05, 3.63) is 53.4 Å². The summed E-state index contributed by atoms with van der Waals surface area (Å²) in [6.45, 7) is 7.77. The fraction of sp³-hybridized carbons (Fsp3) is 0.350. The van der Waals surface area contributed by atoms with Crippen LogP contribution in [0.5, 0.6) is 0 Å². The lowest BCUT2D eigenvalue weighted by molar-refractivity contribution is -0.149. The molecule has 1 aromatic heterocycles. The van der Waals surface area contributed by atoms with Gasteiger partial charge in [0.1, 0.15) is 0 Å². The fourth-order valence-electron chi connectivity index (χ4n) is 2.74.